The molecule has 0 aliphatic carbocycles. The van der Waals surface area contributed by atoms with E-state index in [4.69, 9.17) is 11.6 Å². The monoisotopic (exact) mass is 293 g/mol. The second-order valence-electron chi connectivity index (χ2n) is 3.87. The highest BCUT2D eigenvalue weighted by atomic mass is 35.5. The summed E-state index contributed by atoms with van der Waals surface area (Å²) in [6.45, 7) is 1.81. The van der Waals surface area contributed by atoms with Crippen molar-refractivity contribution in [1.29, 1.82) is 0 Å². The molecule has 0 aliphatic heterocycles. The molecule has 3 nitrogen and oxygen atoms in total. The maximum atomic E-state index is 11.8. The highest BCUT2D eigenvalue weighted by Gasteiger charge is 2.15. The number of hydrogen-bond acceptors (Lipinski definition) is 3. The van der Waals surface area contributed by atoms with Crippen molar-refractivity contribution in [2.45, 2.75) is 11.8 Å². The fourth-order valence-corrected chi connectivity index (χ4v) is 3.46. The molecule has 0 amide bonds. The third-order valence-electron chi connectivity index (χ3n) is 2.11. The third kappa shape index (κ3) is 5.19. The van der Waals surface area contributed by atoms with Crippen LogP contribution < -0.4 is 4.72 Å². The van der Waals surface area contributed by atoms with Crippen LogP contribution in [0, 0.1) is 5.92 Å². The lowest BCUT2D eigenvalue weighted by Gasteiger charge is -2.11. The van der Waals surface area contributed by atoms with Crippen LogP contribution in [0.4, 0.5) is 5.69 Å². The van der Waals surface area contributed by atoms with Gasteiger partial charge in [0.25, 0.3) is 0 Å². The molecule has 0 aliphatic rings. The molecule has 0 radical (unpaired) electrons. The van der Waals surface area contributed by atoms with E-state index in [1.54, 1.807) is 17.8 Å². The zero-order chi connectivity index (χ0) is 12.9. The number of anilines is 1. The molecule has 0 saturated carbocycles. The summed E-state index contributed by atoms with van der Waals surface area (Å²) < 4.78 is 26.1. The SMILES string of the molecule is CSc1cccc(NS(=O)(=O)CC(C)CCl)c1. The lowest BCUT2D eigenvalue weighted by atomic mass is 10.3. The van der Waals surface area contributed by atoms with Crippen molar-refractivity contribution in [3.8, 4) is 0 Å². The summed E-state index contributed by atoms with van der Waals surface area (Å²) in [5.41, 5.74) is 0.596. The largest absolute Gasteiger partial charge is 0.284 e. The van der Waals surface area contributed by atoms with E-state index in [2.05, 4.69) is 4.72 Å². The summed E-state index contributed by atoms with van der Waals surface area (Å²) in [7, 11) is -3.31. The molecule has 1 aromatic carbocycles. The van der Waals surface area contributed by atoms with Gasteiger partial charge in [-0.3, -0.25) is 4.72 Å². The fourth-order valence-electron chi connectivity index (χ4n) is 1.33. The summed E-state index contributed by atoms with van der Waals surface area (Å²) in [5, 5.41) is 0. The highest BCUT2D eigenvalue weighted by Crippen LogP contribution is 2.20. The number of benzene rings is 1. The maximum Gasteiger partial charge on any atom is 0.233 e. The van der Waals surface area contributed by atoms with Gasteiger partial charge in [0, 0.05) is 16.5 Å². The van der Waals surface area contributed by atoms with E-state index >= 15 is 0 Å². The van der Waals surface area contributed by atoms with Crippen LogP contribution in [0.1, 0.15) is 6.92 Å². The average Bonchev–Trinajstić information content (AvgIpc) is 2.27. The van der Waals surface area contributed by atoms with Crippen molar-refractivity contribution in [3.05, 3.63) is 24.3 Å². The number of nitrogens with one attached hydrogen (secondary N) is 1. The predicted octanol–water partition coefficient (Wildman–Crippen LogP) is 3.03. The Morgan fingerprint density at radius 2 is 2.18 bits per heavy atom. The van der Waals surface area contributed by atoms with Crippen LogP contribution in [-0.2, 0) is 10.0 Å². The molecule has 0 spiro atoms. The van der Waals surface area contributed by atoms with Crippen LogP contribution in [-0.4, -0.2) is 26.3 Å². The van der Waals surface area contributed by atoms with Crippen LogP contribution >= 0.6 is 23.4 Å². The number of alkyl halides is 1. The van der Waals surface area contributed by atoms with Crippen molar-refractivity contribution in [3.63, 3.8) is 0 Å². The van der Waals surface area contributed by atoms with E-state index < -0.39 is 10.0 Å². The fraction of sp³-hybridized carbons (Fsp3) is 0.455. The Bertz CT molecular complexity index is 462. The third-order valence-corrected chi connectivity index (χ3v) is 4.92. The zero-order valence-electron chi connectivity index (χ0n) is 9.81. The smallest absolute Gasteiger partial charge is 0.233 e. The molecule has 0 aromatic heterocycles. The molecule has 0 saturated heterocycles. The average molecular weight is 294 g/mol. The van der Waals surface area contributed by atoms with Gasteiger partial charge in [0.05, 0.1) is 5.75 Å². The van der Waals surface area contributed by atoms with Crippen LogP contribution in [0.2, 0.25) is 0 Å². The molecule has 1 aromatic rings. The Morgan fingerprint density at radius 1 is 1.47 bits per heavy atom. The Balaban J connectivity index is 2.75. The van der Waals surface area contributed by atoms with Gasteiger partial charge < -0.3 is 0 Å². The maximum absolute atomic E-state index is 11.8. The topological polar surface area (TPSA) is 46.2 Å². The first-order valence-corrected chi connectivity index (χ1v) is 8.58. The first kappa shape index (κ1) is 14.7. The van der Waals surface area contributed by atoms with Gasteiger partial charge in [0.2, 0.25) is 10.0 Å². The molecular weight excluding hydrogens is 278 g/mol. The molecule has 1 N–H and O–H groups in total. The van der Waals surface area contributed by atoms with Crippen molar-refractivity contribution in [1.82, 2.24) is 0 Å². The van der Waals surface area contributed by atoms with Gasteiger partial charge in [-0.1, -0.05) is 13.0 Å². The quantitative estimate of drug-likeness (QED) is 0.648. The van der Waals surface area contributed by atoms with Crippen molar-refractivity contribution in [2.24, 2.45) is 5.92 Å². The Labute approximate surface area is 112 Å². The normalized spacial score (nSPS) is 13.4. The molecule has 1 unspecified atom stereocenters. The van der Waals surface area contributed by atoms with Crippen molar-refractivity contribution < 1.29 is 8.42 Å². The summed E-state index contributed by atoms with van der Waals surface area (Å²) in [4.78, 5) is 1.02. The van der Waals surface area contributed by atoms with E-state index in [1.165, 1.54) is 0 Å². The first-order valence-electron chi connectivity index (χ1n) is 5.17. The van der Waals surface area contributed by atoms with Gasteiger partial charge in [0.15, 0.2) is 0 Å². The van der Waals surface area contributed by atoms with E-state index in [0.29, 0.717) is 11.6 Å². The Morgan fingerprint density at radius 3 is 2.76 bits per heavy atom. The molecule has 1 atom stereocenters. The highest BCUT2D eigenvalue weighted by molar-refractivity contribution is 7.98. The van der Waals surface area contributed by atoms with Gasteiger partial charge in [0.1, 0.15) is 0 Å². The predicted molar refractivity (Wildman–Crippen MR) is 75.5 cm³/mol. The van der Waals surface area contributed by atoms with E-state index in [9.17, 15) is 8.42 Å². The second kappa shape index (κ2) is 6.52. The molecule has 0 heterocycles. The second-order valence-corrected chi connectivity index (χ2v) is 6.83. The number of sulfonamides is 1. The van der Waals surface area contributed by atoms with Crippen LogP contribution in [0.15, 0.2) is 29.2 Å². The van der Waals surface area contributed by atoms with Crippen molar-refractivity contribution in [2.75, 3.05) is 22.6 Å². The van der Waals surface area contributed by atoms with E-state index in [1.807, 2.05) is 31.4 Å². The van der Waals surface area contributed by atoms with Gasteiger partial charge in [-0.2, -0.15) is 0 Å². The minimum absolute atomic E-state index is 0.0417. The molecule has 96 valence electrons. The molecular formula is C11H16ClNO2S2. The summed E-state index contributed by atoms with van der Waals surface area (Å²) in [6.07, 6.45) is 1.95. The number of rotatable bonds is 6. The summed E-state index contributed by atoms with van der Waals surface area (Å²) in [5.74, 6) is 0.323. The lowest BCUT2D eigenvalue weighted by Crippen LogP contribution is -2.22. The van der Waals surface area contributed by atoms with Crippen molar-refractivity contribution >= 4 is 39.1 Å². The zero-order valence-corrected chi connectivity index (χ0v) is 12.2. The molecule has 6 heteroatoms. The Hall–Kier alpha value is -0.390. The van der Waals surface area contributed by atoms with Crippen LogP contribution in [0.5, 0.6) is 0 Å². The molecule has 0 bridgehead atoms. The van der Waals surface area contributed by atoms with E-state index in [-0.39, 0.29) is 11.7 Å². The molecule has 1 rings (SSSR count). The standard InChI is InChI=1S/C11H16ClNO2S2/c1-9(7-12)8-17(14,15)13-10-4-3-5-11(6-10)16-2/h3-6,9,13H,7-8H2,1-2H3. The minimum atomic E-state index is -3.31. The summed E-state index contributed by atoms with van der Waals surface area (Å²) in [6, 6.07) is 7.31. The minimum Gasteiger partial charge on any atom is -0.284 e. The van der Waals surface area contributed by atoms with Gasteiger partial charge in [-0.25, -0.2) is 8.42 Å². The first-order chi connectivity index (χ1) is 7.96. The number of thioether (sulfide) groups is 1. The molecule has 17 heavy (non-hydrogen) atoms. The van der Waals surface area contributed by atoms with Gasteiger partial charge in [-0.15, -0.1) is 23.4 Å². The molecule has 0 fully saturated rings. The van der Waals surface area contributed by atoms with Crippen LogP contribution in [0.3, 0.4) is 0 Å². The summed E-state index contributed by atoms with van der Waals surface area (Å²) >= 11 is 7.18. The van der Waals surface area contributed by atoms with Crippen LogP contribution in [0.25, 0.3) is 0 Å². The lowest BCUT2D eigenvalue weighted by molar-refractivity contribution is 0.588. The van der Waals surface area contributed by atoms with Gasteiger partial charge >= 0.3 is 0 Å². The number of halogens is 1. The Kier molecular flexibility index (Phi) is 5.62. The van der Waals surface area contributed by atoms with Gasteiger partial charge in [-0.05, 0) is 30.4 Å². The number of hydrogen-bond donors (Lipinski definition) is 1. The van der Waals surface area contributed by atoms with E-state index in [0.717, 1.165) is 4.90 Å².